The topological polar surface area (TPSA) is 119 Å². The van der Waals surface area contributed by atoms with Gasteiger partial charge >= 0.3 is 0 Å². The standard InChI is InChI=1S/C13H11N3O5/c1-8-6-10(14-9-4-2-3-5-13(9)17)12(16(20)21)7-11(8)15(18)19/h2-7,14,17H,1H3. The van der Waals surface area contributed by atoms with Gasteiger partial charge in [0.25, 0.3) is 11.4 Å². The molecule has 0 saturated heterocycles. The van der Waals surface area contributed by atoms with Crippen LogP contribution in [-0.2, 0) is 0 Å². The largest absolute Gasteiger partial charge is 0.506 e. The fourth-order valence-electron chi connectivity index (χ4n) is 1.86. The van der Waals surface area contributed by atoms with Gasteiger partial charge in [0.05, 0.1) is 21.6 Å². The number of aryl methyl sites for hydroxylation is 1. The summed E-state index contributed by atoms with van der Waals surface area (Å²) in [6, 6.07) is 8.42. The van der Waals surface area contributed by atoms with Gasteiger partial charge < -0.3 is 10.4 Å². The zero-order chi connectivity index (χ0) is 15.6. The van der Waals surface area contributed by atoms with E-state index in [9.17, 15) is 25.3 Å². The highest BCUT2D eigenvalue weighted by molar-refractivity contribution is 5.75. The minimum Gasteiger partial charge on any atom is -0.506 e. The molecule has 0 aliphatic heterocycles. The summed E-state index contributed by atoms with van der Waals surface area (Å²) in [6.45, 7) is 1.48. The first kappa shape index (κ1) is 14.3. The Labute approximate surface area is 119 Å². The van der Waals surface area contributed by atoms with Gasteiger partial charge in [-0.2, -0.15) is 0 Å². The number of aromatic hydroxyl groups is 1. The third kappa shape index (κ3) is 2.89. The molecule has 0 aliphatic rings. The van der Waals surface area contributed by atoms with E-state index in [0.717, 1.165) is 6.07 Å². The van der Waals surface area contributed by atoms with Crippen LogP contribution in [0.2, 0.25) is 0 Å². The first-order chi connectivity index (χ1) is 9.90. The Hall–Kier alpha value is -3.16. The molecule has 108 valence electrons. The molecule has 0 bridgehead atoms. The van der Waals surface area contributed by atoms with Crippen molar-refractivity contribution in [2.75, 3.05) is 5.32 Å². The van der Waals surface area contributed by atoms with Gasteiger partial charge in [0.1, 0.15) is 11.4 Å². The molecule has 0 fully saturated rings. The number of phenols is 1. The van der Waals surface area contributed by atoms with Crippen LogP contribution in [0.3, 0.4) is 0 Å². The predicted molar refractivity (Wildman–Crippen MR) is 75.9 cm³/mol. The number of nitrogens with one attached hydrogen (secondary N) is 1. The van der Waals surface area contributed by atoms with E-state index >= 15 is 0 Å². The van der Waals surface area contributed by atoms with E-state index in [1.54, 1.807) is 12.1 Å². The van der Waals surface area contributed by atoms with Crippen molar-refractivity contribution in [2.24, 2.45) is 0 Å². The van der Waals surface area contributed by atoms with E-state index < -0.39 is 15.5 Å². The van der Waals surface area contributed by atoms with Crippen LogP contribution < -0.4 is 5.32 Å². The molecule has 2 N–H and O–H groups in total. The molecule has 0 heterocycles. The van der Waals surface area contributed by atoms with Crippen LogP contribution in [0.5, 0.6) is 5.75 Å². The molecular weight excluding hydrogens is 278 g/mol. The molecule has 2 aromatic carbocycles. The quantitative estimate of drug-likeness (QED) is 0.506. The maximum atomic E-state index is 11.1. The summed E-state index contributed by atoms with van der Waals surface area (Å²) in [7, 11) is 0. The second-order valence-electron chi connectivity index (χ2n) is 4.31. The van der Waals surface area contributed by atoms with Crippen LogP contribution >= 0.6 is 0 Å². The number of hydrogen-bond acceptors (Lipinski definition) is 6. The number of phenolic OH excluding ortho intramolecular Hbond substituents is 1. The van der Waals surface area contributed by atoms with E-state index in [2.05, 4.69) is 5.32 Å². The monoisotopic (exact) mass is 289 g/mol. The Balaban J connectivity index is 2.53. The average molecular weight is 289 g/mol. The zero-order valence-electron chi connectivity index (χ0n) is 10.9. The van der Waals surface area contributed by atoms with E-state index in [-0.39, 0.29) is 28.4 Å². The summed E-state index contributed by atoms with van der Waals surface area (Å²) in [5.74, 6) is -0.0807. The van der Waals surface area contributed by atoms with Gasteiger partial charge in [-0.15, -0.1) is 0 Å². The molecule has 0 spiro atoms. The van der Waals surface area contributed by atoms with E-state index in [0.29, 0.717) is 0 Å². The minimum atomic E-state index is -0.714. The molecule has 21 heavy (non-hydrogen) atoms. The van der Waals surface area contributed by atoms with Crippen molar-refractivity contribution < 1.29 is 15.0 Å². The smallest absolute Gasteiger partial charge is 0.299 e. The second-order valence-corrected chi connectivity index (χ2v) is 4.31. The third-order valence-electron chi connectivity index (χ3n) is 2.88. The Morgan fingerprint density at radius 3 is 2.19 bits per heavy atom. The summed E-state index contributed by atoms with van der Waals surface area (Å²) in [6.07, 6.45) is 0. The van der Waals surface area contributed by atoms with Crippen LogP contribution in [0.25, 0.3) is 0 Å². The van der Waals surface area contributed by atoms with Gasteiger partial charge in [-0.3, -0.25) is 20.2 Å². The number of para-hydroxylation sites is 2. The molecule has 0 saturated carbocycles. The lowest BCUT2D eigenvalue weighted by Gasteiger charge is -2.09. The number of nitrogens with zero attached hydrogens (tertiary/aromatic N) is 2. The first-order valence-electron chi connectivity index (χ1n) is 5.88. The lowest BCUT2D eigenvalue weighted by Crippen LogP contribution is -2.00. The number of nitro benzene ring substituents is 2. The summed E-state index contributed by atoms with van der Waals surface area (Å²) < 4.78 is 0. The van der Waals surface area contributed by atoms with Crippen LogP contribution in [0, 0.1) is 27.2 Å². The van der Waals surface area contributed by atoms with Crippen molar-refractivity contribution in [2.45, 2.75) is 6.92 Å². The van der Waals surface area contributed by atoms with Crippen molar-refractivity contribution in [1.29, 1.82) is 0 Å². The molecule has 2 aromatic rings. The van der Waals surface area contributed by atoms with Gasteiger partial charge in [-0.1, -0.05) is 12.1 Å². The predicted octanol–water partition coefficient (Wildman–Crippen LogP) is 3.26. The third-order valence-corrected chi connectivity index (χ3v) is 2.88. The fourth-order valence-corrected chi connectivity index (χ4v) is 1.86. The van der Waals surface area contributed by atoms with E-state index in [4.69, 9.17) is 0 Å². The highest BCUT2D eigenvalue weighted by Crippen LogP contribution is 2.35. The number of benzene rings is 2. The minimum absolute atomic E-state index is 0.0737. The molecule has 0 atom stereocenters. The van der Waals surface area contributed by atoms with Crippen LogP contribution in [0.1, 0.15) is 5.56 Å². The molecule has 8 nitrogen and oxygen atoms in total. The van der Waals surface area contributed by atoms with Crippen LogP contribution in [0.15, 0.2) is 36.4 Å². The number of anilines is 2. The molecule has 0 aromatic heterocycles. The van der Waals surface area contributed by atoms with E-state index in [1.165, 1.54) is 25.1 Å². The van der Waals surface area contributed by atoms with Gasteiger partial charge in [0.15, 0.2) is 0 Å². The van der Waals surface area contributed by atoms with Crippen LogP contribution in [-0.4, -0.2) is 15.0 Å². The lowest BCUT2D eigenvalue weighted by atomic mass is 10.1. The second kappa shape index (κ2) is 5.45. The van der Waals surface area contributed by atoms with Gasteiger partial charge in [0, 0.05) is 5.56 Å². The number of nitro groups is 2. The Morgan fingerprint density at radius 1 is 1.00 bits per heavy atom. The molecule has 0 amide bonds. The lowest BCUT2D eigenvalue weighted by molar-refractivity contribution is -0.394. The molecular formula is C13H11N3O5. The van der Waals surface area contributed by atoms with Crippen molar-refractivity contribution in [3.05, 3.63) is 62.2 Å². The summed E-state index contributed by atoms with van der Waals surface area (Å²) in [5, 5.41) is 34.3. The molecule has 0 unspecified atom stereocenters. The maximum Gasteiger partial charge on any atom is 0.299 e. The summed E-state index contributed by atoms with van der Waals surface area (Å²) in [5.41, 5.74) is -0.137. The summed E-state index contributed by atoms with van der Waals surface area (Å²) >= 11 is 0. The van der Waals surface area contributed by atoms with Crippen molar-refractivity contribution in [1.82, 2.24) is 0 Å². The van der Waals surface area contributed by atoms with E-state index in [1.807, 2.05) is 0 Å². The molecule has 8 heteroatoms. The number of hydrogen-bond donors (Lipinski definition) is 2. The fraction of sp³-hybridized carbons (Fsp3) is 0.0769. The zero-order valence-corrected chi connectivity index (χ0v) is 10.9. The van der Waals surface area contributed by atoms with Crippen molar-refractivity contribution in [3.8, 4) is 5.75 Å². The van der Waals surface area contributed by atoms with Gasteiger partial charge in [-0.25, -0.2) is 0 Å². The van der Waals surface area contributed by atoms with Crippen molar-refractivity contribution in [3.63, 3.8) is 0 Å². The SMILES string of the molecule is Cc1cc(Nc2ccccc2O)c([N+](=O)[O-])cc1[N+](=O)[O-]. The molecule has 0 radical (unpaired) electrons. The summed E-state index contributed by atoms with van der Waals surface area (Å²) in [4.78, 5) is 20.5. The highest BCUT2D eigenvalue weighted by atomic mass is 16.6. The number of rotatable bonds is 4. The Morgan fingerprint density at radius 2 is 1.62 bits per heavy atom. The normalized spacial score (nSPS) is 10.1. The first-order valence-corrected chi connectivity index (χ1v) is 5.88. The van der Waals surface area contributed by atoms with Crippen LogP contribution in [0.4, 0.5) is 22.7 Å². The van der Waals surface area contributed by atoms with Crippen molar-refractivity contribution >= 4 is 22.7 Å². The Bertz CT molecular complexity index is 730. The molecule has 0 aliphatic carbocycles. The van der Waals surface area contributed by atoms with Gasteiger partial charge in [0.2, 0.25) is 0 Å². The average Bonchev–Trinajstić information content (AvgIpc) is 2.40. The molecule has 2 rings (SSSR count). The highest BCUT2D eigenvalue weighted by Gasteiger charge is 2.23. The maximum absolute atomic E-state index is 11.1. The Kier molecular flexibility index (Phi) is 3.70. The van der Waals surface area contributed by atoms with Gasteiger partial charge in [-0.05, 0) is 25.1 Å².